The zero-order valence-corrected chi connectivity index (χ0v) is 10.1. The highest BCUT2D eigenvalue weighted by atomic mass is 16.2. The molecule has 1 aliphatic heterocycles. The summed E-state index contributed by atoms with van der Waals surface area (Å²) in [5, 5.41) is 11.8. The monoisotopic (exact) mass is 228 g/mol. The molecular weight excluding hydrogens is 204 g/mol. The van der Waals surface area contributed by atoms with E-state index in [1.165, 1.54) is 0 Å². The average molecular weight is 228 g/mol. The van der Waals surface area contributed by atoms with Crippen LogP contribution in [0.25, 0.3) is 0 Å². The maximum absolute atomic E-state index is 11.6. The SMILES string of the molecule is O=C(CNCCCCCCO)N1CCCC1. The number of unbranched alkanes of at least 4 members (excludes halogenated alkanes) is 3. The number of likely N-dealkylation sites (tertiary alicyclic amines) is 1. The first-order valence-electron chi connectivity index (χ1n) is 6.44. The van der Waals surface area contributed by atoms with Crippen LogP contribution in [0.3, 0.4) is 0 Å². The van der Waals surface area contributed by atoms with Gasteiger partial charge in [0.15, 0.2) is 0 Å². The molecule has 94 valence electrons. The molecule has 1 fully saturated rings. The number of hydrogen-bond donors (Lipinski definition) is 2. The average Bonchev–Trinajstić information content (AvgIpc) is 2.81. The molecule has 0 aliphatic carbocycles. The van der Waals surface area contributed by atoms with Crippen LogP contribution in [0.4, 0.5) is 0 Å². The van der Waals surface area contributed by atoms with Crippen LogP contribution in [0.5, 0.6) is 0 Å². The quantitative estimate of drug-likeness (QED) is 0.603. The van der Waals surface area contributed by atoms with Gasteiger partial charge in [0.2, 0.25) is 5.91 Å². The Bertz CT molecular complexity index is 191. The first kappa shape index (κ1) is 13.5. The molecular formula is C12H24N2O2. The third kappa shape index (κ3) is 5.47. The highest BCUT2D eigenvalue weighted by molar-refractivity contribution is 5.78. The molecule has 0 bridgehead atoms. The second-order valence-electron chi connectivity index (χ2n) is 4.40. The van der Waals surface area contributed by atoms with Gasteiger partial charge in [-0.3, -0.25) is 4.79 Å². The van der Waals surface area contributed by atoms with E-state index in [9.17, 15) is 4.79 Å². The molecule has 0 atom stereocenters. The van der Waals surface area contributed by atoms with Gasteiger partial charge in [0.1, 0.15) is 0 Å². The molecule has 0 unspecified atom stereocenters. The lowest BCUT2D eigenvalue weighted by molar-refractivity contribution is -0.129. The number of carbonyl (C=O) groups excluding carboxylic acids is 1. The van der Waals surface area contributed by atoms with E-state index >= 15 is 0 Å². The van der Waals surface area contributed by atoms with Crippen molar-refractivity contribution in [3.63, 3.8) is 0 Å². The van der Waals surface area contributed by atoms with Crippen molar-refractivity contribution in [2.24, 2.45) is 0 Å². The number of aliphatic hydroxyl groups is 1. The minimum atomic E-state index is 0.243. The topological polar surface area (TPSA) is 52.6 Å². The molecule has 0 saturated carbocycles. The van der Waals surface area contributed by atoms with Gasteiger partial charge in [-0.15, -0.1) is 0 Å². The lowest BCUT2D eigenvalue weighted by Gasteiger charge is -2.15. The van der Waals surface area contributed by atoms with Crippen molar-refractivity contribution in [1.82, 2.24) is 10.2 Å². The third-order valence-corrected chi connectivity index (χ3v) is 3.00. The number of rotatable bonds is 8. The summed E-state index contributed by atoms with van der Waals surface area (Å²) in [6.45, 7) is 3.57. The van der Waals surface area contributed by atoms with Crippen molar-refractivity contribution >= 4 is 5.91 Å². The van der Waals surface area contributed by atoms with Gasteiger partial charge in [-0.2, -0.15) is 0 Å². The van der Waals surface area contributed by atoms with Crippen molar-refractivity contribution in [1.29, 1.82) is 0 Å². The number of nitrogens with one attached hydrogen (secondary N) is 1. The minimum absolute atomic E-state index is 0.243. The molecule has 2 N–H and O–H groups in total. The van der Waals surface area contributed by atoms with Crippen molar-refractivity contribution in [2.75, 3.05) is 32.8 Å². The maximum atomic E-state index is 11.6. The Kier molecular flexibility index (Phi) is 7.17. The molecule has 1 rings (SSSR count). The van der Waals surface area contributed by atoms with Crippen molar-refractivity contribution < 1.29 is 9.90 Å². The van der Waals surface area contributed by atoms with E-state index in [2.05, 4.69) is 5.32 Å². The van der Waals surface area contributed by atoms with Crippen LogP contribution in [-0.4, -0.2) is 48.7 Å². The molecule has 1 saturated heterocycles. The van der Waals surface area contributed by atoms with Gasteiger partial charge in [-0.1, -0.05) is 12.8 Å². The molecule has 1 heterocycles. The van der Waals surface area contributed by atoms with Crippen LogP contribution in [0.1, 0.15) is 38.5 Å². The van der Waals surface area contributed by atoms with Crippen molar-refractivity contribution in [3.05, 3.63) is 0 Å². The Labute approximate surface area is 98.0 Å². The smallest absolute Gasteiger partial charge is 0.236 e. The normalized spacial score (nSPS) is 15.7. The Hall–Kier alpha value is -0.610. The number of nitrogens with zero attached hydrogens (tertiary/aromatic N) is 1. The van der Waals surface area contributed by atoms with Crippen LogP contribution < -0.4 is 5.32 Å². The number of aliphatic hydroxyl groups excluding tert-OH is 1. The largest absolute Gasteiger partial charge is 0.396 e. The third-order valence-electron chi connectivity index (χ3n) is 3.00. The van der Waals surface area contributed by atoms with Crippen molar-refractivity contribution in [2.45, 2.75) is 38.5 Å². The molecule has 4 heteroatoms. The molecule has 1 aliphatic rings. The standard InChI is InChI=1S/C12H24N2O2/c15-10-6-2-1-3-7-13-11-12(16)14-8-4-5-9-14/h13,15H,1-11H2. The summed E-state index contributed by atoms with van der Waals surface area (Å²) in [4.78, 5) is 13.6. The van der Waals surface area contributed by atoms with E-state index in [4.69, 9.17) is 5.11 Å². The maximum Gasteiger partial charge on any atom is 0.236 e. The molecule has 16 heavy (non-hydrogen) atoms. The molecule has 0 aromatic carbocycles. The summed E-state index contributed by atoms with van der Waals surface area (Å²) >= 11 is 0. The molecule has 4 nitrogen and oxygen atoms in total. The van der Waals surface area contributed by atoms with Crippen LogP contribution in [-0.2, 0) is 4.79 Å². The Balaban J connectivity index is 1.88. The zero-order valence-electron chi connectivity index (χ0n) is 10.1. The van der Waals surface area contributed by atoms with Crippen LogP contribution in [0, 0.1) is 0 Å². The summed E-state index contributed by atoms with van der Waals surface area (Å²) in [5.41, 5.74) is 0. The number of amides is 1. The summed E-state index contributed by atoms with van der Waals surface area (Å²) < 4.78 is 0. The van der Waals surface area contributed by atoms with Gasteiger partial charge in [-0.25, -0.2) is 0 Å². The molecule has 0 aromatic heterocycles. The minimum Gasteiger partial charge on any atom is -0.396 e. The van der Waals surface area contributed by atoms with E-state index in [-0.39, 0.29) is 5.91 Å². The van der Waals surface area contributed by atoms with Gasteiger partial charge >= 0.3 is 0 Å². The molecule has 0 radical (unpaired) electrons. The first-order chi connectivity index (χ1) is 7.84. The lowest BCUT2D eigenvalue weighted by atomic mass is 10.2. The fourth-order valence-corrected chi connectivity index (χ4v) is 1.99. The van der Waals surface area contributed by atoms with E-state index in [1.54, 1.807) is 0 Å². The van der Waals surface area contributed by atoms with E-state index in [0.717, 1.165) is 58.2 Å². The van der Waals surface area contributed by atoms with Gasteiger partial charge < -0.3 is 15.3 Å². The fraction of sp³-hybridized carbons (Fsp3) is 0.917. The summed E-state index contributed by atoms with van der Waals surface area (Å²) in [6, 6.07) is 0. The van der Waals surface area contributed by atoms with E-state index in [1.807, 2.05) is 4.90 Å². The Morgan fingerprint density at radius 1 is 1.12 bits per heavy atom. The molecule has 1 amide bonds. The first-order valence-corrected chi connectivity index (χ1v) is 6.44. The number of carbonyl (C=O) groups is 1. The Morgan fingerprint density at radius 2 is 1.81 bits per heavy atom. The van der Waals surface area contributed by atoms with Gasteiger partial charge in [0.25, 0.3) is 0 Å². The van der Waals surface area contributed by atoms with Gasteiger partial charge in [-0.05, 0) is 32.2 Å². The second-order valence-corrected chi connectivity index (χ2v) is 4.40. The fourth-order valence-electron chi connectivity index (χ4n) is 1.99. The number of hydrogen-bond acceptors (Lipinski definition) is 3. The van der Waals surface area contributed by atoms with E-state index in [0.29, 0.717) is 13.2 Å². The summed E-state index contributed by atoms with van der Waals surface area (Å²) in [6.07, 6.45) is 6.52. The summed E-state index contributed by atoms with van der Waals surface area (Å²) in [5.74, 6) is 0.243. The van der Waals surface area contributed by atoms with Gasteiger partial charge in [0.05, 0.1) is 6.54 Å². The van der Waals surface area contributed by atoms with E-state index < -0.39 is 0 Å². The predicted octanol–water partition coefficient (Wildman–Crippen LogP) is 0.751. The predicted molar refractivity (Wildman–Crippen MR) is 64.2 cm³/mol. The van der Waals surface area contributed by atoms with Crippen molar-refractivity contribution in [3.8, 4) is 0 Å². The molecule has 0 spiro atoms. The van der Waals surface area contributed by atoms with Crippen LogP contribution >= 0.6 is 0 Å². The Morgan fingerprint density at radius 3 is 2.50 bits per heavy atom. The van der Waals surface area contributed by atoms with Crippen LogP contribution in [0.2, 0.25) is 0 Å². The van der Waals surface area contributed by atoms with Crippen LogP contribution in [0.15, 0.2) is 0 Å². The highest BCUT2D eigenvalue weighted by Gasteiger charge is 2.16. The zero-order chi connectivity index (χ0) is 11.6. The lowest BCUT2D eigenvalue weighted by Crippen LogP contribution is -2.36. The molecule has 0 aromatic rings. The summed E-state index contributed by atoms with van der Waals surface area (Å²) in [7, 11) is 0. The second kappa shape index (κ2) is 8.53. The van der Waals surface area contributed by atoms with Gasteiger partial charge in [0, 0.05) is 19.7 Å². The highest BCUT2D eigenvalue weighted by Crippen LogP contribution is 2.06.